The molecule has 0 spiro atoms. The zero-order valence-electron chi connectivity index (χ0n) is 17.7. The summed E-state index contributed by atoms with van der Waals surface area (Å²) in [6.45, 7) is 9.44. The third-order valence-corrected chi connectivity index (χ3v) is 7.26. The van der Waals surface area contributed by atoms with Gasteiger partial charge in [0, 0.05) is 26.2 Å². The number of methoxy groups -OCH3 is 1. The Morgan fingerprint density at radius 1 is 1.10 bits per heavy atom. The number of carbonyl (C=O) groups is 1. The number of nitrogens with zero attached hydrogens (tertiary/aromatic N) is 3. The van der Waals surface area contributed by atoms with Crippen LogP contribution in [-0.2, 0) is 14.8 Å². The number of hydrogen-bond donors (Lipinski definition) is 0. The Morgan fingerprint density at radius 3 is 2.21 bits per heavy atom. The second kappa shape index (κ2) is 8.49. The minimum Gasteiger partial charge on any atom is -0.497 e. The van der Waals surface area contributed by atoms with Crippen LogP contribution in [0, 0.1) is 5.92 Å². The normalized spacial score (nSPS) is 26.2. The molecule has 0 saturated carbocycles. The molecule has 2 fully saturated rings. The molecule has 0 aromatic heterocycles. The van der Waals surface area contributed by atoms with Gasteiger partial charge < -0.3 is 19.3 Å². The molecule has 2 aliphatic rings. The molecule has 1 aromatic rings. The van der Waals surface area contributed by atoms with Gasteiger partial charge in [0.25, 0.3) is 0 Å². The predicted molar refractivity (Wildman–Crippen MR) is 109 cm³/mol. The molecule has 2 amide bonds. The molecular formula is C20H31N3O5S. The number of amides is 2. The van der Waals surface area contributed by atoms with E-state index in [1.54, 1.807) is 34.1 Å². The summed E-state index contributed by atoms with van der Waals surface area (Å²) < 4.78 is 38.9. The van der Waals surface area contributed by atoms with Crippen LogP contribution in [0.25, 0.3) is 0 Å². The van der Waals surface area contributed by atoms with Crippen molar-refractivity contribution in [2.24, 2.45) is 5.92 Å². The van der Waals surface area contributed by atoms with Gasteiger partial charge in [0.05, 0.1) is 24.2 Å². The van der Waals surface area contributed by atoms with Crippen molar-refractivity contribution >= 4 is 16.1 Å². The lowest BCUT2D eigenvalue weighted by Crippen LogP contribution is -2.56. The van der Waals surface area contributed by atoms with Crippen molar-refractivity contribution in [2.45, 2.75) is 51.0 Å². The summed E-state index contributed by atoms with van der Waals surface area (Å²) in [5.41, 5.74) is 0. The Bertz CT molecular complexity index is 817. The summed E-state index contributed by atoms with van der Waals surface area (Å²) in [5.74, 6) is 0.545. The van der Waals surface area contributed by atoms with Crippen LogP contribution in [0.1, 0.15) is 27.7 Å². The highest BCUT2D eigenvalue weighted by Crippen LogP contribution is 2.30. The highest BCUT2D eigenvalue weighted by molar-refractivity contribution is 7.89. The number of morpholine rings is 1. The van der Waals surface area contributed by atoms with Crippen molar-refractivity contribution in [1.82, 2.24) is 14.1 Å². The minimum absolute atomic E-state index is 0.0399. The molecule has 3 rings (SSSR count). The molecule has 0 bridgehead atoms. The van der Waals surface area contributed by atoms with Crippen LogP contribution < -0.4 is 4.74 Å². The second-order valence-corrected chi connectivity index (χ2v) is 9.98. The number of urea groups is 1. The molecule has 2 saturated heterocycles. The fraction of sp³-hybridized carbons (Fsp3) is 0.650. The molecule has 2 heterocycles. The van der Waals surface area contributed by atoms with Gasteiger partial charge in [-0.3, -0.25) is 0 Å². The summed E-state index contributed by atoms with van der Waals surface area (Å²) in [6, 6.07) is 6.22. The van der Waals surface area contributed by atoms with E-state index in [4.69, 9.17) is 9.47 Å². The quantitative estimate of drug-likeness (QED) is 0.739. The van der Waals surface area contributed by atoms with E-state index in [-0.39, 0.29) is 35.6 Å². The van der Waals surface area contributed by atoms with Crippen molar-refractivity contribution < 1.29 is 22.7 Å². The molecule has 29 heavy (non-hydrogen) atoms. The lowest BCUT2D eigenvalue weighted by molar-refractivity contribution is -0.0595. The summed E-state index contributed by atoms with van der Waals surface area (Å²) >= 11 is 0. The second-order valence-electron chi connectivity index (χ2n) is 8.09. The topological polar surface area (TPSA) is 79.4 Å². The average Bonchev–Trinajstić information content (AvgIpc) is 3.13. The zero-order chi connectivity index (χ0) is 21.3. The van der Waals surface area contributed by atoms with E-state index in [0.717, 1.165) is 0 Å². The molecule has 0 unspecified atom stereocenters. The van der Waals surface area contributed by atoms with Gasteiger partial charge in [-0.05, 0) is 44.0 Å². The van der Waals surface area contributed by atoms with E-state index in [0.29, 0.717) is 25.4 Å². The number of rotatable bonds is 4. The van der Waals surface area contributed by atoms with Crippen molar-refractivity contribution in [2.75, 3.05) is 33.3 Å². The molecule has 3 atom stereocenters. The van der Waals surface area contributed by atoms with Gasteiger partial charge in [-0.2, -0.15) is 4.31 Å². The summed E-state index contributed by atoms with van der Waals surface area (Å²) in [7, 11) is -2.20. The fourth-order valence-electron chi connectivity index (χ4n) is 4.19. The molecule has 1 aromatic carbocycles. The SMILES string of the molecule is COc1ccc(S(=O)(=O)N2CCN(C(=O)N3C[C@H](C)O[C@@H](C)C3)[C@H]2C(C)C)cc1. The summed E-state index contributed by atoms with van der Waals surface area (Å²) in [6.07, 6.45) is -0.605. The van der Waals surface area contributed by atoms with Gasteiger partial charge >= 0.3 is 6.03 Å². The largest absolute Gasteiger partial charge is 0.497 e. The summed E-state index contributed by atoms with van der Waals surface area (Å²) in [5, 5.41) is 0. The Labute approximate surface area is 173 Å². The highest BCUT2D eigenvalue weighted by Gasteiger charge is 2.45. The Balaban J connectivity index is 1.85. The molecular weight excluding hydrogens is 394 g/mol. The predicted octanol–water partition coefficient (Wildman–Crippen LogP) is 2.21. The Hall–Kier alpha value is -1.84. The van der Waals surface area contributed by atoms with Crippen molar-refractivity contribution in [1.29, 1.82) is 0 Å². The van der Waals surface area contributed by atoms with Gasteiger partial charge in [0.1, 0.15) is 11.9 Å². The van der Waals surface area contributed by atoms with E-state index in [1.807, 2.05) is 27.7 Å². The lowest BCUT2D eigenvalue weighted by atomic mass is 10.1. The molecule has 0 radical (unpaired) electrons. The standard InChI is InChI=1S/C20H31N3O5S/c1-14(2)19-22(20(24)21-12-15(3)28-16(4)13-21)10-11-23(19)29(25,26)18-8-6-17(27-5)7-9-18/h6-9,14-16,19H,10-13H2,1-5H3/t15-,16-,19+/m0/s1. The van der Waals surface area contributed by atoms with Crippen LogP contribution in [-0.4, -0.2) is 80.2 Å². The molecule has 2 aliphatic heterocycles. The maximum absolute atomic E-state index is 13.3. The van der Waals surface area contributed by atoms with Crippen LogP contribution in [0.5, 0.6) is 5.75 Å². The maximum atomic E-state index is 13.3. The van der Waals surface area contributed by atoms with Crippen molar-refractivity contribution in [3.63, 3.8) is 0 Å². The van der Waals surface area contributed by atoms with Crippen LogP contribution >= 0.6 is 0 Å². The fourth-order valence-corrected chi connectivity index (χ4v) is 5.90. The number of sulfonamides is 1. The van der Waals surface area contributed by atoms with E-state index in [9.17, 15) is 13.2 Å². The molecule has 9 heteroatoms. The number of benzene rings is 1. The van der Waals surface area contributed by atoms with Crippen LogP contribution in [0.2, 0.25) is 0 Å². The smallest absolute Gasteiger partial charge is 0.321 e. The van der Waals surface area contributed by atoms with Crippen molar-refractivity contribution in [3.05, 3.63) is 24.3 Å². The first-order chi connectivity index (χ1) is 13.6. The van der Waals surface area contributed by atoms with Gasteiger partial charge in [0.15, 0.2) is 0 Å². The maximum Gasteiger partial charge on any atom is 0.321 e. The van der Waals surface area contributed by atoms with Crippen LogP contribution in [0.3, 0.4) is 0 Å². The van der Waals surface area contributed by atoms with Crippen molar-refractivity contribution in [3.8, 4) is 5.75 Å². The van der Waals surface area contributed by atoms with E-state index >= 15 is 0 Å². The van der Waals surface area contributed by atoms with E-state index < -0.39 is 16.2 Å². The highest BCUT2D eigenvalue weighted by atomic mass is 32.2. The van der Waals surface area contributed by atoms with Gasteiger partial charge in [-0.15, -0.1) is 0 Å². The van der Waals surface area contributed by atoms with E-state index in [1.165, 1.54) is 11.4 Å². The van der Waals surface area contributed by atoms with Crippen LogP contribution in [0.15, 0.2) is 29.2 Å². The molecule has 0 N–H and O–H groups in total. The summed E-state index contributed by atoms with van der Waals surface area (Å²) in [4.78, 5) is 16.9. The Kier molecular flexibility index (Phi) is 6.40. The lowest BCUT2D eigenvalue weighted by Gasteiger charge is -2.40. The zero-order valence-corrected chi connectivity index (χ0v) is 18.6. The number of carbonyl (C=O) groups excluding carboxylic acids is 1. The average molecular weight is 426 g/mol. The van der Waals surface area contributed by atoms with Gasteiger partial charge in [-0.1, -0.05) is 13.8 Å². The Morgan fingerprint density at radius 2 is 1.69 bits per heavy atom. The molecule has 8 nitrogen and oxygen atoms in total. The third-order valence-electron chi connectivity index (χ3n) is 5.37. The monoisotopic (exact) mass is 425 g/mol. The first-order valence-electron chi connectivity index (χ1n) is 10.0. The number of ether oxygens (including phenoxy) is 2. The third kappa shape index (κ3) is 4.36. The number of hydrogen-bond acceptors (Lipinski definition) is 5. The minimum atomic E-state index is -3.74. The molecule has 0 aliphatic carbocycles. The first-order valence-corrected chi connectivity index (χ1v) is 11.5. The first kappa shape index (κ1) is 21.9. The van der Waals surface area contributed by atoms with Gasteiger partial charge in [0.2, 0.25) is 10.0 Å². The van der Waals surface area contributed by atoms with E-state index in [2.05, 4.69) is 0 Å². The van der Waals surface area contributed by atoms with Crippen LogP contribution in [0.4, 0.5) is 4.79 Å². The molecule has 162 valence electrons. The van der Waals surface area contributed by atoms with Gasteiger partial charge in [-0.25, -0.2) is 13.2 Å².